The average Bonchev–Trinajstić information content (AvgIpc) is 3.41. The Bertz CT molecular complexity index is 990. The van der Waals surface area contributed by atoms with Crippen LogP contribution < -0.4 is 15.5 Å². The summed E-state index contributed by atoms with van der Waals surface area (Å²) in [4.78, 5) is 26.1. The number of thiophene rings is 1. The smallest absolute Gasteiger partial charge is 0.321 e. The SMILES string of the molecule is O=C(Nc1ccc(N2CCNC2=O)cc1)C1CCCN(S(=O)(=O)c2cccs2)C1. The van der Waals surface area contributed by atoms with Crippen molar-refractivity contribution in [1.29, 1.82) is 0 Å². The predicted octanol–water partition coefficient (Wildman–Crippen LogP) is 2.32. The van der Waals surface area contributed by atoms with Crippen LogP contribution >= 0.6 is 11.3 Å². The molecule has 3 heterocycles. The van der Waals surface area contributed by atoms with Gasteiger partial charge in [-0.25, -0.2) is 13.2 Å². The molecule has 2 saturated heterocycles. The molecule has 2 fully saturated rings. The van der Waals surface area contributed by atoms with Crippen molar-refractivity contribution in [1.82, 2.24) is 9.62 Å². The van der Waals surface area contributed by atoms with Gasteiger partial charge in [-0.1, -0.05) is 6.07 Å². The van der Waals surface area contributed by atoms with Gasteiger partial charge in [0.15, 0.2) is 0 Å². The highest BCUT2D eigenvalue weighted by atomic mass is 32.2. The summed E-state index contributed by atoms with van der Waals surface area (Å²) in [5.41, 5.74) is 1.39. The molecular formula is C19H22N4O4S2. The number of hydrogen-bond donors (Lipinski definition) is 2. The second kappa shape index (κ2) is 8.13. The summed E-state index contributed by atoms with van der Waals surface area (Å²) in [6, 6.07) is 10.2. The number of amides is 3. The van der Waals surface area contributed by atoms with E-state index in [2.05, 4.69) is 10.6 Å². The lowest BCUT2D eigenvalue weighted by atomic mass is 9.98. The molecule has 0 bridgehead atoms. The van der Waals surface area contributed by atoms with Crippen molar-refractivity contribution < 1.29 is 18.0 Å². The highest BCUT2D eigenvalue weighted by molar-refractivity contribution is 7.91. The molecular weight excluding hydrogens is 412 g/mol. The molecule has 2 aliphatic rings. The fourth-order valence-electron chi connectivity index (χ4n) is 3.60. The van der Waals surface area contributed by atoms with Crippen LogP contribution in [0.2, 0.25) is 0 Å². The zero-order valence-electron chi connectivity index (χ0n) is 15.7. The Labute approximate surface area is 173 Å². The summed E-state index contributed by atoms with van der Waals surface area (Å²) >= 11 is 1.19. The molecule has 10 heteroatoms. The first-order chi connectivity index (χ1) is 13.9. The Balaban J connectivity index is 1.40. The fraction of sp³-hybridized carbons (Fsp3) is 0.368. The number of carbonyl (C=O) groups excluding carboxylic acids is 2. The molecule has 2 aromatic rings. The summed E-state index contributed by atoms with van der Waals surface area (Å²) in [6.07, 6.45) is 1.29. The normalized spacial score (nSPS) is 20.5. The number of hydrogen-bond acceptors (Lipinski definition) is 5. The molecule has 1 aromatic heterocycles. The van der Waals surface area contributed by atoms with Crippen LogP contribution in [0.1, 0.15) is 12.8 Å². The van der Waals surface area contributed by atoms with Crippen LogP contribution in [0.3, 0.4) is 0 Å². The maximum atomic E-state index is 12.7. The first-order valence-electron chi connectivity index (χ1n) is 9.45. The first-order valence-corrected chi connectivity index (χ1v) is 11.8. The van der Waals surface area contributed by atoms with E-state index >= 15 is 0 Å². The molecule has 1 aromatic carbocycles. The summed E-state index contributed by atoms with van der Waals surface area (Å²) in [5, 5.41) is 7.35. The maximum Gasteiger partial charge on any atom is 0.321 e. The van der Waals surface area contributed by atoms with Crippen molar-refractivity contribution in [3.63, 3.8) is 0 Å². The minimum atomic E-state index is -3.55. The molecule has 3 amide bonds. The molecule has 4 rings (SSSR count). The fourth-order valence-corrected chi connectivity index (χ4v) is 6.27. The van der Waals surface area contributed by atoms with Gasteiger partial charge in [0, 0.05) is 37.6 Å². The van der Waals surface area contributed by atoms with Gasteiger partial charge in [0.1, 0.15) is 4.21 Å². The van der Waals surface area contributed by atoms with Crippen LogP contribution in [0.4, 0.5) is 16.2 Å². The number of nitrogens with zero attached hydrogens (tertiary/aromatic N) is 2. The Morgan fingerprint density at radius 1 is 1.17 bits per heavy atom. The lowest BCUT2D eigenvalue weighted by Crippen LogP contribution is -2.43. The van der Waals surface area contributed by atoms with E-state index in [0.29, 0.717) is 42.4 Å². The molecule has 2 N–H and O–H groups in total. The Morgan fingerprint density at radius 2 is 1.97 bits per heavy atom. The third kappa shape index (κ3) is 4.14. The summed E-state index contributed by atoms with van der Waals surface area (Å²) < 4.78 is 27.2. The van der Waals surface area contributed by atoms with Gasteiger partial charge >= 0.3 is 6.03 Å². The van der Waals surface area contributed by atoms with Crippen LogP contribution in [0.15, 0.2) is 46.0 Å². The largest absolute Gasteiger partial charge is 0.336 e. The minimum absolute atomic E-state index is 0.129. The van der Waals surface area contributed by atoms with E-state index in [-0.39, 0.29) is 18.5 Å². The third-order valence-corrected chi connectivity index (χ3v) is 8.39. The van der Waals surface area contributed by atoms with Gasteiger partial charge < -0.3 is 10.6 Å². The van der Waals surface area contributed by atoms with Gasteiger partial charge in [-0.3, -0.25) is 9.69 Å². The molecule has 0 saturated carbocycles. The van der Waals surface area contributed by atoms with E-state index in [4.69, 9.17) is 0 Å². The van der Waals surface area contributed by atoms with E-state index in [1.807, 2.05) is 0 Å². The molecule has 0 aliphatic carbocycles. The van der Waals surface area contributed by atoms with Crippen LogP contribution in [0.5, 0.6) is 0 Å². The number of urea groups is 1. The second-order valence-corrected chi connectivity index (χ2v) is 10.2. The van der Waals surface area contributed by atoms with Gasteiger partial charge in [-0.15, -0.1) is 11.3 Å². The molecule has 154 valence electrons. The average molecular weight is 435 g/mol. The highest BCUT2D eigenvalue weighted by Crippen LogP contribution is 2.27. The van der Waals surface area contributed by atoms with Gasteiger partial charge in [0.25, 0.3) is 10.0 Å². The Hall–Kier alpha value is -2.43. The predicted molar refractivity (Wildman–Crippen MR) is 112 cm³/mol. The number of sulfonamides is 1. The van der Waals surface area contributed by atoms with E-state index in [9.17, 15) is 18.0 Å². The topological polar surface area (TPSA) is 98.8 Å². The van der Waals surface area contributed by atoms with Crippen LogP contribution in [0, 0.1) is 5.92 Å². The molecule has 8 nitrogen and oxygen atoms in total. The molecule has 0 spiro atoms. The molecule has 2 aliphatic heterocycles. The van der Waals surface area contributed by atoms with E-state index in [1.165, 1.54) is 15.6 Å². The van der Waals surface area contributed by atoms with E-state index in [0.717, 1.165) is 5.69 Å². The summed E-state index contributed by atoms with van der Waals surface area (Å²) in [7, 11) is -3.55. The lowest BCUT2D eigenvalue weighted by molar-refractivity contribution is -0.120. The van der Waals surface area contributed by atoms with Crippen molar-refractivity contribution in [3.05, 3.63) is 41.8 Å². The highest BCUT2D eigenvalue weighted by Gasteiger charge is 2.33. The van der Waals surface area contributed by atoms with E-state index in [1.54, 1.807) is 46.7 Å². The van der Waals surface area contributed by atoms with Crippen LogP contribution in [-0.4, -0.2) is 50.8 Å². The number of benzene rings is 1. The minimum Gasteiger partial charge on any atom is -0.336 e. The Morgan fingerprint density at radius 3 is 2.62 bits per heavy atom. The molecule has 1 atom stereocenters. The molecule has 1 unspecified atom stereocenters. The van der Waals surface area contributed by atoms with Crippen LogP contribution in [0.25, 0.3) is 0 Å². The quantitative estimate of drug-likeness (QED) is 0.754. The number of nitrogens with one attached hydrogen (secondary N) is 2. The van der Waals surface area contributed by atoms with Gasteiger partial charge in [-0.05, 0) is 48.6 Å². The monoisotopic (exact) mass is 434 g/mol. The summed E-state index contributed by atoms with van der Waals surface area (Å²) in [5.74, 6) is -0.592. The van der Waals surface area contributed by atoms with Crippen molar-refractivity contribution in [3.8, 4) is 0 Å². The van der Waals surface area contributed by atoms with Gasteiger partial charge in [0.2, 0.25) is 5.91 Å². The third-order valence-electron chi connectivity index (χ3n) is 5.15. The lowest BCUT2D eigenvalue weighted by Gasteiger charge is -2.30. The molecule has 29 heavy (non-hydrogen) atoms. The van der Waals surface area contributed by atoms with E-state index < -0.39 is 15.9 Å². The van der Waals surface area contributed by atoms with Gasteiger partial charge in [0.05, 0.1) is 5.92 Å². The van der Waals surface area contributed by atoms with Crippen LogP contribution in [-0.2, 0) is 14.8 Å². The zero-order chi connectivity index (χ0) is 20.4. The van der Waals surface area contributed by atoms with Crippen molar-refractivity contribution in [2.45, 2.75) is 17.1 Å². The molecule has 0 radical (unpaired) electrons. The second-order valence-electron chi connectivity index (χ2n) is 7.05. The Kier molecular flexibility index (Phi) is 5.57. The van der Waals surface area contributed by atoms with Crippen molar-refractivity contribution >= 4 is 44.7 Å². The van der Waals surface area contributed by atoms with Gasteiger partial charge in [-0.2, -0.15) is 4.31 Å². The number of carbonyl (C=O) groups is 2. The number of piperidine rings is 1. The standard InChI is InChI=1S/C19H22N4O4S2/c24-18(21-15-5-7-16(8-6-15)23-11-9-20-19(23)25)14-3-1-10-22(13-14)29(26,27)17-4-2-12-28-17/h2,4-8,12,14H,1,3,9-11,13H2,(H,20,25)(H,21,24). The number of anilines is 2. The maximum absolute atomic E-state index is 12.7. The first kappa shape index (κ1) is 19.9. The van der Waals surface area contributed by atoms with Crippen molar-refractivity contribution in [2.24, 2.45) is 5.92 Å². The summed E-state index contributed by atoms with van der Waals surface area (Å²) in [6.45, 7) is 1.83. The number of rotatable bonds is 5. The zero-order valence-corrected chi connectivity index (χ0v) is 17.3. The van der Waals surface area contributed by atoms with Crippen molar-refractivity contribution in [2.75, 3.05) is 36.4 Å².